The maximum Gasteiger partial charge on any atom is 0.573 e. The summed E-state index contributed by atoms with van der Waals surface area (Å²) in [7, 11) is 0. The number of alkyl halides is 3. The Balaban J connectivity index is 1.51. The van der Waals surface area contributed by atoms with Crippen LogP contribution in [-0.4, -0.2) is 80.6 Å². The molecule has 1 N–H and O–H groups in total. The molecule has 2 heterocycles. The van der Waals surface area contributed by atoms with Crippen LogP contribution in [0.5, 0.6) is 5.75 Å². The zero-order valence-electron chi connectivity index (χ0n) is 16.7. The molecule has 0 saturated carbocycles. The third-order valence-corrected chi connectivity index (χ3v) is 5.18. The van der Waals surface area contributed by atoms with Crippen LogP contribution in [0.3, 0.4) is 0 Å². The summed E-state index contributed by atoms with van der Waals surface area (Å²) < 4.78 is 46.1. The first-order chi connectivity index (χ1) is 13.9. The number of benzene rings is 1. The van der Waals surface area contributed by atoms with E-state index < -0.39 is 6.36 Å². The molecule has 6 nitrogen and oxygen atoms in total. The van der Waals surface area contributed by atoms with Crippen LogP contribution in [0.2, 0.25) is 0 Å². The average molecular weight is 414 g/mol. The van der Waals surface area contributed by atoms with Crippen molar-refractivity contribution in [3.8, 4) is 5.75 Å². The second-order valence-corrected chi connectivity index (χ2v) is 7.21. The lowest BCUT2D eigenvalue weighted by molar-refractivity contribution is -0.274. The van der Waals surface area contributed by atoms with Gasteiger partial charge in [-0.05, 0) is 37.5 Å². The predicted molar refractivity (Wildman–Crippen MR) is 105 cm³/mol. The van der Waals surface area contributed by atoms with E-state index in [1.54, 1.807) is 12.1 Å². The zero-order chi connectivity index (χ0) is 20.7. The van der Waals surface area contributed by atoms with E-state index in [0.29, 0.717) is 19.0 Å². The molecule has 162 valence electrons. The molecule has 0 aromatic heterocycles. The van der Waals surface area contributed by atoms with Gasteiger partial charge >= 0.3 is 6.36 Å². The van der Waals surface area contributed by atoms with Crippen molar-refractivity contribution in [1.82, 2.24) is 15.1 Å². The summed E-state index contributed by atoms with van der Waals surface area (Å²) in [6, 6.07) is 6.50. The fraction of sp³-hybridized carbons (Fsp3) is 0.650. The van der Waals surface area contributed by atoms with Crippen molar-refractivity contribution >= 4 is 5.96 Å². The lowest BCUT2D eigenvalue weighted by atomic mass is 10.1. The van der Waals surface area contributed by atoms with Gasteiger partial charge in [0, 0.05) is 45.3 Å². The molecule has 3 rings (SSSR count). The first-order valence-corrected chi connectivity index (χ1v) is 10.1. The summed E-state index contributed by atoms with van der Waals surface area (Å²) in [6.45, 7) is 8.91. The van der Waals surface area contributed by atoms with E-state index in [0.717, 1.165) is 63.9 Å². The van der Waals surface area contributed by atoms with Gasteiger partial charge in [0.15, 0.2) is 5.96 Å². The first-order valence-electron chi connectivity index (χ1n) is 10.1. The normalized spacial score (nSPS) is 21.4. The van der Waals surface area contributed by atoms with Gasteiger partial charge in [0.1, 0.15) is 5.75 Å². The van der Waals surface area contributed by atoms with Crippen molar-refractivity contribution in [2.24, 2.45) is 4.99 Å². The minimum atomic E-state index is -4.67. The highest BCUT2D eigenvalue weighted by molar-refractivity contribution is 5.80. The second-order valence-electron chi connectivity index (χ2n) is 7.21. The van der Waals surface area contributed by atoms with Gasteiger partial charge in [-0.2, -0.15) is 0 Å². The standard InChI is InChI=1S/C20H29F3N4O2/c1-2-24-19(27-10-8-17(15-27)26-11-13-28-14-12-26)25-9-7-16-3-5-18(6-4-16)29-20(21,22)23/h3-6,17H,2,7-15H2,1H3,(H,24,25). The Hall–Kier alpha value is -2.00. The molecule has 9 heteroatoms. The summed E-state index contributed by atoms with van der Waals surface area (Å²) in [5.74, 6) is 0.699. The molecule has 2 saturated heterocycles. The van der Waals surface area contributed by atoms with Crippen molar-refractivity contribution < 1.29 is 22.6 Å². The highest BCUT2D eigenvalue weighted by Crippen LogP contribution is 2.23. The number of morpholine rings is 1. The van der Waals surface area contributed by atoms with E-state index >= 15 is 0 Å². The fourth-order valence-corrected chi connectivity index (χ4v) is 3.75. The smallest absolute Gasteiger partial charge is 0.406 e. The van der Waals surface area contributed by atoms with Gasteiger partial charge in [-0.25, -0.2) is 0 Å². The van der Waals surface area contributed by atoms with Crippen LogP contribution in [-0.2, 0) is 11.2 Å². The fourth-order valence-electron chi connectivity index (χ4n) is 3.75. The van der Waals surface area contributed by atoms with Crippen LogP contribution >= 0.6 is 0 Å². The third kappa shape index (κ3) is 6.78. The minimum absolute atomic E-state index is 0.204. The van der Waals surface area contributed by atoms with E-state index in [-0.39, 0.29) is 5.75 Å². The largest absolute Gasteiger partial charge is 0.573 e. The summed E-state index contributed by atoms with van der Waals surface area (Å²) in [6.07, 6.45) is -2.89. The number of hydrogen-bond donors (Lipinski definition) is 1. The molecule has 2 fully saturated rings. The van der Waals surface area contributed by atoms with E-state index in [1.165, 1.54) is 12.1 Å². The SMILES string of the molecule is CCNC(=NCCc1ccc(OC(F)(F)F)cc1)N1CCC(N2CCOCC2)C1. The summed E-state index contributed by atoms with van der Waals surface area (Å²) in [5.41, 5.74) is 0.923. The molecule has 0 bridgehead atoms. The Bertz CT molecular complexity index is 661. The van der Waals surface area contributed by atoms with Crippen LogP contribution in [0, 0.1) is 0 Å². The molecular weight excluding hydrogens is 385 g/mol. The van der Waals surface area contributed by atoms with E-state index in [4.69, 9.17) is 9.73 Å². The molecule has 2 aliphatic rings. The molecule has 0 radical (unpaired) electrons. The van der Waals surface area contributed by atoms with Crippen LogP contribution in [0.4, 0.5) is 13.2 Å². The Kier molecular flexibility index (Phi) is 7.60. The van der Waals surface area contributed by atoms with E-state index in [2.05, 4.69) is 19.9 Å². The van der Waals surface area contributed by atoms with Crippen molar-refractivity contribution in [1.29, 1.82) is 0 Å². The van der Waals surface area contributed by atoms with Crippen LogP contribution in [0.15, 0.2) is 29.3 Å². The highest BCUT2D eigenvalue weighted by atomic mass is 19.4. The number of likely N-dealkylation sites (tertiary alicyclic amines) is 1. The number of nitrogens with zero attached hydrogens (tertiary/aromatic N) is 3. The van der Waals surface area contributed by atoms with Crippen LogP contribution in [0.25, 0.3) is 0 Å². The topological polar surface area (TPSA) is 49.3 Å². The molecule has 29 heavy (non-hydrogen) atoms. The lowest BCUT2D eigenvalue weighted by Gasteiger charge is -2.32. The number of aliphatic imine (C=N–C) groups is 1. The van der Waals surface area contributed by atoms with Gasteiger partial charge in [0.05, 0.1) is 13.2 Å². The van der Waals surface area contributed by atoms with E-state index in [1.807, 2.05) is 6.92 Å². The predicted octanol–water partition coefficient (Wildman–Crippen LogP) is 2.50. The third-order valence-electron chi connectivity index (χ3n) is 5.18. The maximum atomic E-state index is 12.2. The van der Waals surface area contributed by atoms with Crippen molar-refractivity contribution in [2.45, 2.75) is 32.2 Å². The number of rotatable bonds is 6. The maximum absolute atomic E-state index is 12.2. The van der Waals surface area contributed by atoms with Gasteiger partial charge < -0.3 is 19.7 Å². The molecule has 1 aromatic rings. The first kappa shape index (κ1) is 21.7. The lowest BCUT2D eigenvalue weighted by Crippen LogP contribution is -2.46. The quantitative estimate of drug-likeness (QED) is 0.573. The van der Waals surface area contributed by atoms with Crippen molar-refractivity contribution in [3.05, 3.63) is 29.8 Å². The molecule has 2 aliphatic heterocycles. The summed E-state index contributed by atoms with van der Waals surface area (Å²) in [5, 5.41) is 3.36. The van der Waals surface area contributed by atoms with Crippen molar-refractivity contribution in [3.63, 3.8) is 0 Å². The highest BCUT2D eigenvalue weighted by Gasteiger charge is 2.31. The Morgan fingerprint density at radius 2 is 1.93 bits per heavy atom. The Morgan fingerprint density at radius 1 is 1.21 bits per heavy atom. The molecule has 0 aliphatic carbocycles. The summed E-state index contributed by atoms with van der Waals surface area (Å²) in [4.78, 5) is 9.52. The van der Waals surface area contributed by atoms with Crippen molar-refractivity contribution in [2.75, 3.05) is 52.5 Å². The minimum Gasteiger partial charge on any atom is -0.406 e. The zero-order valence-corrected chi connectivity index (χ0v) is 16.7. The molecule has 0 amide bonds. The number of nitrogens with one attached hydrogen (secondary N) is 1. The second kappa shape index (κ2) is 10.2. The van der Waals surface area contributed by atoms with Gasteiger partial charge in [-0.15, -0.1) is 13.2 Å². The average Bonchev–Trinajstić information content (AvgIpc) is 3.18. The summed E-state index contributed by atoms with van der Waals surface area (Å²) >= 11 is 0. The number of halogens is 3. The van der Waals surface area contributed by atoms with Gasteiger partial charge in [0.2, 0.25) is 0 Å². The molecular formula is C20H29F3N4O2. The molecule has 1 atom stereocenters. The van der Waals surface area contributed by atoms with Gasteiger partial charge in [-0.1, -0.05) is 12.1 Å². The monoisotopic (exact) mass is 414 g/mol. The Labute approximate surface area is 169 Å². The molecule has 0 spiro atoms. The number of guanidine groups is 1. The number of hydrogen-bond acceptors (Lipinski definition) is 4. The molecule has 1 aromatic carbocycles. The Morgan fingerprint density at radius 3 is 2.59 bits per heavy atom. The van der Waals surface area contributed by atoms with Gasteiger partial charge in [0.25, 0.3) is 0 Å². The van der Waals surface area contributed by atoms with Crippen LogP contribution in [0.1, 0.15) is 18.9 Å². The number of ether oxygens (including phenoxy) is 2. The molecule has 1 unspecified atom stereocenters. The van der Waals surface area contributed by atoms with Gasteiger partial charge in [-0.3, -0.25) is 9.89 Å². The van der Waals surface area contributed by atoms with Crippen LogP contribution < -0.4 is 10.1 Å². The van der Waals surface area contributed by atoms with E-state index in [9.17, 15) is 13.2 Å².